The molecule has 2 aromatic rings. The molecule has 0 radical (unpaired) electrons. The minimum absolute atomic E-state index is 0.00827. The zero-order chi connectivity index (χ0) is 23.0. The number of carbonyl (C=O) groups excluding carboxylic acids is 1. The third-order valence-corrected chi connectivity index (χ3v) is 5.36. The van der Waals surface area contributed by atoms with E-state index < -0.39 is 10.1 Å². The van der Waals surface area contributed by atoms with Gasteiger partial charge in [0.15, 0.2) is 12.4 Å². The SMILES string of the molecule is CC1CC=C(/C=N/NC(=O)c2ccc[n+](C)c2)C(C)O1.Cc1ccc(S(=O)(=O)O)cc1. The average molecular weight is 447 g/mol. The minimum atomic E-state index is -4.02. The number of hydrazone groups is 1. The van der Waals surface area contributed by atoms with Gasteiger partial charge in [-0.2, -0.15) is 13.5 Å². The summed E-state index contributed by atoms with van der Waals surface area (Å²) in [4.78, 5) is 11.8. The van der Waals surface area contributed by atoms with E-state index in [1.807, 2.05) is 44.6 Å². The van der Waals surface area contributed by atoms with Crippen LogP contribution in [0.1, 0.15) is 36.2 Å². The minimum Gasteiger partial charge on any atom is -0.371 e. The number of amides is 1. The van der Waals surface area contributed by atoms with Gasteiger partial charge in [-0.05, 0) is 51.0 Å². The number of carbonyl (C=O) groups is 1. The summed E-state index contributed by atoms with van der Waals surface area (Å²) in [7, 11) is -2.15. The molecule has 3 rings (SSSR count). The lowest BCUT2D eigenvalue weighted by Crippen LogP contribution is -2.30. The number of aromatic nitrogens is 1. The van der Waals surface area contributed by atoms with Gasteiger partial charge in [0, 0.05) is 6.07 Å². The van der Waals surface area contributed by atoms with Crippen LogP contribution >= 0.6 is 0 Å². The molecule has 1 aliphatic heterocycles. The van der Waals surface area contributed by atoms with E-state index in [1.54, 1.807) is 30.6 Å². The van der Waals surface area contributed by atoms with E-state index in [0.717, 1.165) is 17.6 Å². The van der Waals surface area contributed by atoms with Crippen molar-refractivity contribution in [1.82, 2.24) is 5.43 Å². The van der Waals surface area contributed by atoms with Crippen molar-refractivity contribution in [2.45, 2.75) is 44.3 Å². The van der Waals surface area contributed by atoms with E-state index in [9.17, 15) is 13.2 Å². The highest BCUT2D eigenvalue weighted by atomic mass is 32.2. The molecule has 1 aromatic heterocycles. The number of hydrogen-bond acceptors (Lipinski definition) is 5. The highest BCUT2D eigenvalue weighted by Crippen LogP contribution is 2.17. The summed E-state index contributed by atoms with van der Waals surface area (Å²) in [6.45, 7) is 5.86. The van der Waals surface area contributed by atoms with Gasteiger partial charge >= 0.3 is 0 Å². The molecule has 8 nitrogen and oxygen atoms in total. The van der Waals surface area contributed by atoms with Gasteiger partial charge in [0.05, 0.1) is 23.3 Å². The Hall–Kier alpha value is -2.88. The number of ether oxygens (including phenoxy) is 1. The molecular weight excluding hydrogens is 418 g/mol. The number of aryl methyl sites for hydroxylation is 2. The smallest absolute Gasteiger partial charge is 0.294 e. The van der Waals surface area contributed by atoms with Crippen LogP contribution < -0.4 is 9.99 Å². The van der Waals surface area contributed by atoms with Crippen LogP contribution in [0.5, 0.6) is 0 Å². The second-order valence-electron chi connectivity index (χ2n) is 7.27. The van der Waals surface area contributed by atoms with Crippen LogP contribution in [0.15, 0.2) is 70.4 Å². The van der Waals surface area contributed by atoms with Gasteiger partial charge in [-0.1, -0.05) is 23.8 Å². The Morgan fingerprint density at radius 3 is 2.52 bits per heavy atom. The van der Waals surface area contributed by atoms with Gasteiger partial charge in [-0.3, -0.25) is 9.35 Å². The first-order chi connectivity index (χ1) is 14.6. The van der Waals surface area contributed by atoms with Gasteiger partial charge in [0.1, 0.15) is 12.6 Å². The molecule has 0 bridgehead atoms. The maximum atomic E-state index is 11.9. The number of rotatable bonds is 4. The Morgan fingerprint density at radius 2 is 1.94 bits per heavy atom. The van der Waals surface area contributed by atoms with Crippen molar-refractivity contribution >= 4 is 22.2 Å². The van der Waals surface area contributed by atoms with E-state index in [2.05, 4.69) is 16.6 Å². The Balaban J connectivity index is 0.000000262. The lowest BCUT2D eigenvalue weighted by molar-refractivity contribution is -0.671. The normalized spacial score (nSPS) is 18.7. The quantitative estimate of drug-likeness (QED) is 0.325. The summed E-state index contributed by atoms with van der Waals surface area (Å²) >= 11 is 0. The van der Waals surface area contributed by atoms with Crippen LogP contribution in [-0.2, 0) is 21.9 Å². The molecule has 1 aromatic carbocycles. The summed E-state index contributed by atoms with van der Waals surface area (Å²) in [6.07, 6.45) is 8.48. The van der Waals surface area contributed by atoms with Crippen LogP contribution in [0.25, 0.3) is 0 Å². The van der Waals surface area contributed by atoms with E-state index in [4.69, 9.17) is 9.29 Å². The van der Waals surface area contributed by atoms with Crippen molar-refractivity contribution in [3.8, 4) is 0 Å². The van der Waals surface area contributed by atoms with E-state index in [1.165, 1.54) is 12.1 Å². The predicted molar refractivity (Wildman–Crippen MR) is 117 cm³/mol. The maximum Gasteiger partial charge on any atom is 0.294 e. The van der Waals surface area contributed by atoms with Crippen LogP contribution in [0.3, 0.4) is 0 Å². The molecule has 9 heteroatoms. The third kappa shape index (κ3) is 8.05. The Kier molecular flexibility index (Phi) is 8.61. The van der Waals surface area contributed by atoms with Crippen molar-refractivity contribution < 1.29 is 27.1 Å². The fourth-order valence-electron chi connectivity index (χ4n) is 2.77. The monoisotopic (exact) mass is 446 g/mol. The first-order valence-corrected chi connectivity index (χ1v) is 11.2. The number of benzene rings is 1. The van der Waals surface area contributed by atoms with Gasteiger partial charge in [0.25, 0.3) is 16.0 Å². The zero-order valence-electron chi connectivity index (χ0n) is 18.0. The molecule has 0 saturated carbocycles. The molecule has 0 saturated heterocycles. The summed E-state index contributed by atoms with van der Waals surface area (Å²) < 4.78 is 37.1. The molecule has 166 valence electrons. The van der Waals surface area contributed by atoms with Crippen molar-refractivity contribution in [3.63, 3.8) is 0 Å². The van der Waals surface area contributed by atoms with Gasteiger partial charge in [-0.25, -0.2) is 9.99 Å². The molecule has 31 heavy (non-hydrogen) atoms. The average Bonchev–Trinajstić information content (AvgIpc) is 2.69. The summed E-state index contributed by atoms with van der Waals surface area (Å²) in [5.41, 5.74) is 5.04. The fraction of sp³-hybridized carbons (Fsp3) is 0.318. The first kappa shape index (κ1) is 24.4. The molecule has 1 aliphatic rings. The Morgan fingerprint density at radius 1 is 1.26 bits per heavy atom. The van der Waals surface area contributed by atoms with Crippen molar-refractivity contribution in [3.05, 3.63) is 71.6 Å². The molecular formula is C22H28N3O5S+. The highest BCUT2D eigenvalue weighted by Gasteiger charge is 2.16. The lowest BCUT2D eigenvalue weighted by atomic mass is 10.1. The molecule has 2 unspecified atom stereocenters. The Labute approximate surface area is 183 Å². The second kappa shape index (κ2) is 10.9. The Bertz CT molecular complexity index is 1060. The molecule has 0 spiro atoms. The number of nitrogens with one attached hydrogen (secondary N) is 1. The predicted octanol–water partition coefficient (Wildman–Crippen LogP) is 2.59. The highest BCUT2D eigenvalue weighted by molar-refractivity contribution is 7.85. The van der Waals surface area contributed by atoms with E-state index in [-0.39, 0.29) is 23.0 Å². The molecule has 2 N–H and O–H groups in total. The molecule has 0 fully saturated rings. The van der Waals surface area contributed by atoms with Crippen molar-refractivity contribution in [2.75, 3.05) is 0 Å². The van der Waals surface area contributed by atoms with Crippen LogP contribution in [0.4, 0.5) is 0 Å². The first-order valence-electron chi connectivity index (χ1n) is 9.74. The van der Waals surface area contributed by atoms with Gasteiger partial charge in [0.2, 0.25) is 0 Å². The van der Waals surface area contributed by atoms with Crippen LogP contribution in [0, 0.1) is 6.92 Å². The third-order valence-electron chi connectivity index (χ3n) is 4.49. The van der Waals surface area contributed by atoms with Crippen molar-refractivity contribution in [2.24, 2.45) is 12.1 Å². The van der Waals surface area contributed by atoms with Crippen molar-refractivity contribution in [1.29, 1.82) is 0 Å². The van der Waals surface area contributed by atoms with Crippen LogP contribution in [0.2, 0.25) is 0 Å². The van der Waals surface area contributed by atoms with Gasteiger partial charge < -0.3 is 4.74 Å². The van der Waals surface area contributed by atoms with Crippen LogP contribution in [-0.4, -0.2) is 37.3 Å². The van der Waals surface area contributed by atoms with Gasteiger partial charge in [-0.15, -0.1) is 0 Å². The van der Waals surface area contributed by atoms with E-state index >= 15 is 0 Å². The summed E-state index contributed by atoms with van der Waals surface area (Å²) in [5, 5.41) is 3.99. The number of nitrogens with zero attached hydrogens (tertiary/aromatic N) is 2. The number of pyridine rings is 1. The van der Waals surface area contributed by atoms with E-state index in [0.29, 0.717) is 5.56 Å². The molecule has 1 amide bonds. The fourth-order valence-corrected chi connectivity index (χ4v) is 3.25. The largest absolute Gasteiger partial charge is 0.371 e. The molecule has 0 aliphatic carbocycles. The summed E-state index contributed by atoms with van der Waals surface area (Å²) in [5.74, 6) is -0.226. The lowest BCUT2D eigenvalue weighted by Gasteiger charge is -2.23. The molecule has 2 heterocycles. The topological polar surface area (TPSA) is 109 Å². The summed E-state index contributed by atoms with van der Waals surface area (Å²) in [6, 6.07) is 9.55. The maximum absolute atomic E-state index is 11.9. The second-order valence-corrected chi connectivity index (χ2v) is 8.70. The molecule has 2 atom stereocenters. The number of hydrogen-bond donors (Lipinski definition) is 2. The zero-order valence-corrected chi connectivity index (χ0v) is 18.8. The standard InChI is InChI=1S/C15H19N3O2.C7H8O3S/c1-11-6-7-13(12(2)20-11)9-16-17-15(19)14-5-4-8-18(3)10-14;1-6-2-4-7(5-3-6)11(8,9)10/h4-5,7-12H,6H2,1-3H3;2-5H,1H3,(H,8,9,10)/p+1/b16-9+;.